The number of hydrogen-bond acceptors (Lipinski definition) is 5. The number of nitrogens with two attached hydrogens (primary N) is 1. The van der Waals surface area contributed by atoms with Crippen molar-refractivity contribution in [3.8, 4) is 5.75 Å². The Bertz CT molecular complexity index is 371. The molecule has 0 heterocycles. The van der Waals surface area contributed by atoms with E-state index in [0.29, 0.717) is 18.0 Å². The van der Waals surface area contributed by atoms with E-state index in [-0.39, 0.29) is 19.0 Å². The van der Waals surface area contributed by atoms with Crippen LogP contribution in [0.4, 0.5) is 5.69 Å². The number of thioether (sulfide) groups is 1. The van der Waals surface area contributed by atoms with Crippen molar-refractivity contribution in [2.24, 2.45) is 0 Å². The van der Waals surface area contributed by atoms with E-state index in [9.17, 15) is 4.79 Å². The van der Waals surface area contributed by atoms with E-state index >= 15 is 0 Å². The minimum Gasteiger partial charge on any atom is -0.491 e. The summed E-state index contributed by atoms with van der Waals surface area (Å²) >= 11 is 1.74. The fraction of sp³-hybridized carbons (Fsp3) is 0.462. The van der Waals surface area contributed by atoms with Crippen LogP contribution in [0.1, 0.15) is 12.8 Å². The maximum Gasteiger partial charge on any atom is 0.309 e. The first-order valence-electron chi connectivity index (χ1n) is 5.86. The van der Waals surface area contributed by atoms with Crippen molar-refractivity contribution < 1.29 is 14.3 Å². The molecule has 5 heteroatoms. The predicted molar refractivity (Wildman–Crippen MR) is 74.9 cm³/mol. The second kappa shape index (κ2) is 8.69. The van der Waals surface area contributed by atoms with Crippen LogP contribution in [0.3, 0.4) is 0 Å². The lowest BCUT2D eigenvalue weighted by Crippen LogP contribution is -2.11. The molecule has 1 rings (SSSR count). The van der Waals surface area contributed by atoms with E-state index in [2.05, 4.69) is 0 Å². The zero-order chi connectivity index (χ0) is 13.2. The van der Waals surface area contributed by atoms with Crippen LogP contribution in [0, 0.1) is 0 Å². The van der Waals surface area contributed by atoms with Gasteiger partial charge in [0.15, 0.2) is 0 Å². The molecule has 4 nitrogen and oxygen atoms in total. The maximum atomic E-state index is 11.3. The second-order valence-corrected chi connectivity index (χ2v) is 4.69. The van der Waals surface area contributed by atoms with Gasteiger partial charge in [0, 0.05) is 0 Å². The van der Waals surface area contributed by atoms with Crippen molar-refractivity contribution in [1.82, 2.24) is 0 Å². The van der Waals surface area contributed by atoms with Crippen LogP contribution >= 0.6 is 11.8 Å². The topological polar surface area (TPSA) is 61.5 Å². The molecule has 0 unspecified atom stereocenters. The SMILES string of the molecule is CSCCCOC(=O)CCOc1ccccc1N. The molecule has 0 atom stereocenters. The first-order chi connectivity index (χ1) is 8.74. The first-order valence-corrected chi connectivity index (χ1v) is 7.25. The Morgan fingerprint density at radius 2 is 2.11 bits per heavy atom. The van der Waals surface area contributed by atoms with Gasteiger partial charge in [0.1, 0.15) is 5.75 Å². The Morgan fingerprint density at radius 3 is 2.83 bits per heavy atom. The molecule has 0 spiro atoms. The van der Waals surface area contributed by atoms with Gasteiger partial charge in [-0.2, -0.15) is 11.8 Å². The van der Waals surface area contributed by atoms with Gasteiger partial charge in [-0.15, -0.1) is 0 Å². The molecule has 100 valence electrons. The van der Waals surface area contributed by atoms with Crippen LogP contribution in [-0.4, -0.2) is 31.2 Å². The monoisotopic (exact) mass is 269 g/mol. The number of carbonyl (C=O) groups is 1. The Kier molecular flexibility index (Phi) is 7.10. The average Bonchev–Trinajstić information content (AvgIpc) is 2.37. The summed E-state index contributed by atoms with van der Waals surface area (Å²) < 4.78 is 10.5. The summed E-state index contributed by atoms with van der Waals surface area (Å²) in [7, 11) is 0. The molecule has 0 aliphatic rings. The Balaban J connectivity index is 2.14. The van der Waals surface area contributed by atoms with E-state index < -0.39 is 0 Å². The number of rotatable bonds is 8. The highest BCUT2D eigenvalue weighted by molar-refractivity contribution is 7.98. The largest absolute Gasteiger partial charge is 0.491 e. The van der Waals surface area contributed by atoms with E-state index in [1.807, 2.05) is 18.4 Å². The Hall–Kier alpha value is -1.36. The average molecular weight is 269 g/mol. The van der Waals surface area contributed by atoms with Crippen LogP contribution in [0.15, 0.2) is 24.3 Å². The molecule has 2 N–H and O–H groups in total. The molecular weight excluding hydrogens is 250 g/mol. The lowest BCUT2D eigenvalue weighted by Gasteiger charge is -2.08. The van der Waals surface area contributed by atoms with Gasteiger partial charge in [-0.25, -0.2) is 0 Å². The van der Waals surface area contributed by atoms with E-state index in [1.54, 1.807) is 23.9 Å². The number of esters is 1. The second-order valence-electron chi connectivity index (χ2n) is 3.70. The van der Waals surface area contributed by atoms with Crippen molar-refractivity contribution in [2.45, 2.75) is 12.8 Å². The molecule has 18 heavy (non-hydrogen) atoms. The maximum absolute atomic E-state index is 11.3. The van der Waals surface area contributed by atoms with Crippen molar-refractivity contribution in [3.63, 3.8) is 0 Å². The third-order valence-electron chi connectivity index (χ3n) is 2.24. The molecule has 0 bridgehead atoms. The van der Waals surface area contributed by atoms with Crippen LogP contribution < -0.4 is 10.5 Å². The van der Waals surface area contributed by atoms with Gasteiger partial charge in [-0.3, -0.25) is 4.79 Å². The van der Waals surface area contributed by atoms with Gasteiger partial charge in [-0.1, -0.05) is 12.1 Å². The molecule has 0 saturated carbocycles. The lowest BCUT2D eigenvalue weighted by atomic mass is 10.3. The Morgan fingerprint density at radius 1 is 1.33 bits per heavy atom. The summed E-state index contributed by atoms with van der Waals surface area (Å²) in [6, 6.07) is 7.21. The third kappa shape index (κ3) is 5.82. The quantitative estimate of drug-likeness (QED) is 0.446. The lowest BCUT2D eigenvalue weighted by molar-refractivity contribution is -0.144. The molecular formula is C13H19NO3S. The fourth-order valence-electron chi connectivity index (χ4n) is 1.32. The molecule has 0 aliphatic heterocycles. The van der Waals surface area contributed by atoms with Crippen LogP contribution in [0.5, 0.6) is 5.75 Å². The molecule has 0 amide bonds. The van der Waals surface area contributed by atoms with Gasteiger partial charge in [0.05, 0.1) is 25.3 Å². The smallest absolute Gasteiger partial charge is 0.309 e. The highest BCUT2D eigenvalue weighted by atomic mass is 32.2. The van der Waals surface area contributed by atoms with Crippen LogP contribution in [0.2, 0.25) is 0 Å². The highest BCUT2D eigenvalue weighted by Crippen LogP contribution is 2.19. The Labute approximate surface area is 112 Å². The summed E-state index contributed by atoms with van der Waals surface area (Å²) in [4.78, 5) is 11.3. The van der Waals surface area contributed by atoms with Crippen LogP contribution in [-0.2, 0) is 9.53 Å². The van der Waals surface area contributed by atoms with Crippen molar-refractivity contribution in [1.29, 1.82) is 0 Å². The summed E-state index contributed by atoms with van der Waals surface area (Å²) in [5.41, 5.74) is 6.28. The standard InChI is InChI=1S/C13H19NO3S/c1-18-10-4-8-17-13(15)7-9-16-12-6-3-2-5-11(12)14/h2-3,5-6H,4,7-10,14H2,1H3. The third-order valence-corrected chi connectivity index (χ3v) is 2.94. The minimum atomic E-state index is -0.231. The van der Waals surface area contributed by atoms with Crippen molar-refractivity contribution >= 4 is 23.4 Å². The number of hydrogen-bond donors (Lipinski definition) is 1. The predicted octanol–water partition coefficient (Wildman–Crippen LogP) is 2.33. The van der Waals surface area contributed by atoms with E-state index in [1.165, 1.54) is 0 Å². The van der Waals surface area contributed by atoms with Gasteiger partial charge < -0.3 is 15.2 Å². The van der Waals surface area contributed by atoms with Crippen LogP contribution in [0.25, 0.3) is 0 Å². The number of anilines is 1. The summed E-state index contributed by atoms with van der Waals surface area (Å²) in [5, 5.41) is 0. The molecule has 0 saturated heterocycles. The van der Waals surface area contributed by atoms with E-state index in [4.69, 9.17) is 15.2 Å². The van der Waals surface area contributed by atoms with E-state index in [0.717, 1.165) is 12.2 Å². The van der Waals surface area contributed by atoms with Crippen molar-refractivity contribution in [2.75, 3.05) is 31.0 Å². The molecule has 0 radical (unpaired) electrons. The number of benzene rings is 1. The fourth-order valence-corrected chi connectivity index (χ4v) is 1.72. The van der Waals surface area contributed by atoms with Gasteiger partial charge in [0.25, 0.3) is 0 Å². The zero-order valence-electron chi connectivity index (χ0n) is 10.6. The number of ether oxygens (including phenoxy) is 2. The number of carbonyl (C=O) groups excluding carboxylic acids is 1. The van der Waals surface area contributed by atoms with Gasteiger partial charge in [0.2, 0.25) is 0 Å². The molecule has 0 aliphatic carbocycles. The normalized spacial score (nSPS) is 10.1. The number of para-hydroxylation sites is 2. The number of nitrogen functional groups attached to an aromatic ring is 1. The zero-order valence-corrected chi connectivity index (χ0v) is 11.4. The summed E-state index contributed by atoms with van der Waals surface area (Å²) in [6.45, 7) is 0.767. The minimum absolute atomic E-state index is 0.231. The molecule has 0 fully saturated rings. The van der Waals surface area contributed by atoms with Gasteiger partial charge >= 0.3 is 5.97 Å². The molecule has 0 aromatic heterocycles. The molecule has 1 aromatic carbocycles. The van der Waals surface area contributed by atoms with Crippen molar-refractivity contribution in [3.05, 3.63) is 24.3 Å². The summed E-state index contributed by atoms with van der Waals surface area (Å²) in [6.07, 6.45) is 3.16. The van der Waals surface area contributed by atoms with Gasteiger partial charge in [-0.05, 0) is 30.6 Å². The highest BCUT2D eigenvalue weighted by Gasteiger charge is 2.04. The summed E-state index contributed by atoms with van der Waals surface area (Å²) in [5.74, 6) is 1.38. The molecule has 1 aromatic rings. The first kappa shape index (κ1) is 14.7.